The Morgan fingerprint density at radius 1 is 1.28 bits per heavy atom. The van der Waals surface area contributed by atoms with Gasteiger partial charge in [-0.15, -0.1) is 0 Å². The van der Waals surface area contributed by atoms with Crippen molar-refractivity contribution in [2.24, 2.45) is 5.92 Å². The smallest absolute Gasteiger partial charge is 0.0682 e. The molecule has 2 fully saturated rings. The van der Waals surface area contributed by atoms with Crippen LogP contribution in [0.3, 0.4) is 0 Å². The summed E-state index contributed by atoms with van der Waals surface area (Å²) < 4.78 is 0. The normalized spacial score (nSPS) is 31.3. The van der Waals surface area contributed by atoms with Gasteiger partial charge in [0.1, 0.15) is 0 Å². The van der Waals surface area contributed by atoms with Crippen LogP contribution in [-0.4, -0.2) is 73.9 Å². The first kappa shape index (κ1) is 14.3. The second kappa shape index (κ2) is 6.85. The molecule has 0 saturated carbocycles. The summed E-state index contributed by atoms with van der Waals surface area (Å²) in [4.78, 5) is 4.74. The number of β-amino-alcohol motifs (C(OH)–C–C–N with tert-alkyl or cyclic N) is 1. The van der Waals surface area contributed by atoms with E-state index in [-0.39, 0.29) is 6.10 Å². The average Bonchev–Trinajstić information content (AvgIpc) is 2.67. The van der Waals surface area contributed by atoms with Crippen LogP contribution in [0.15, 0.2) is 0 Å². The maximum Gasteiger partial charge on any atom is 0.0682 e. The van der Waals surface area contributed by atoms with E-state index < -0.39 is 0 Å². The van der Waals surface area contributed by atoms with Gasteiger partial charge >= 0.3 is 0 Å². The molecule has 4 nitrogen and oxygen atoms in total. The van der Waals surface area contributed by atoms with Crippen molar-refractivity contribution < 1.29 is 5.11 Å². The Labute approximate surface area is 111 Å². The monoisotopic (exact) mass is 255 g/mol. The molecule has 2 aliphatic rings. The second-order valence-corrected chi connectivity index (χ2v) is 6.28. The number of nitrogens with one attached hydrogen (secondary N) is 1. The fourth-order valence-electron chi connectivity index (χ4n) is 3.36. The molecule has 18 heavy (non-hydrogen) atoms. The molecule has 2 N–H and O–H groups in total. The molecule has 4 heteroatoms. The molecule has 2 heterocycles. The third-order valence-electron chi connectivity index (χ3n) is 4.36. The number of likely N-dealkylation sites (N-methyl/N-ethyl adjacent to an activating group) is 1. The molecule has 2 rings (SSSR count). The molecule has 2 atom stereocenters. The molecule has 0 spiro atoms. The first-order chi connectivity index (χ1) is 8.65. The van der Waals surface area contributed by atoms with Crippen LogP contribution < -0.4 is 5.32 Å². The molecule has 2 saturated heterocycles. The minimum Gasteiger partial charge on any atom is -0.392 e. The van der Waals surface area contributed by atoms with Crippen LogP contribution in [-0.2, 0) is 0 Å². The Morgan fingerprint density at radius 3 is 2.67 bits per heavy atom. The van der Waals surface area contributed by atoms with E-state index in [4.69, 9.17) is 0 Å². The number of piperidine rings is 1. The summed E-state index contributed by atoms with van der Waals surface area (Å²) in [7, 11) is 4.24. The number of rotatable bonds is 5. The summed E-state index contributed by atoms with van der Waals surface area (Å²) >= 11 is 0. The minimum atomic E-state index is -0.108. The Morgan fingerprint density at radius 2 is 2.00 bits per heavy atom. The largest absolute Gasteiger partial charge is 0.392 e. The predicted octanol–water partition coefficient (Wildman–Crippen LogP) is 0.373. The van der Waals surface area contributed by atoms with E-state index in [0.717, 1.165) is 25.4 Å². The Balaban J connectivity index is 1.75. The van der Waals surface area contributed by atoms with E-state index in [1.165, 1.54) is 38.9 Å². The van der Waals surface area contributed by atoms with Crippen LogP contribution in [0.4, 0.5) is 0 Å². The number of hydrogen-bond donors (Lipinski definition) is 2. The van der Waals surface area contributed by atoms with Crippen LogP contribution >= 0.6 is 0 Å². The molecule has 0 bridgehead atoms. The van der Waals surface area contributed by atoms with E-state index in [9.17, 15) is 5.11 Å². The van der Waals surface area contributed by atoms with Crippen LogP contribution in [0.1, 0.15) is 25.7 Å². The zero-order valence-corrected chi connectivity index (χ0v) is 11.9. The fourth-order valence-corrected chi connectivity index (χ4v) is 3.36. The van der Waals surface area contributed by atoms with E-state index in [0.29, 0.717) is 6.04 Å². The molecule has 0 aromatic rings. The van der Waals surface area contributed by atoms with Gasteiger partial charge in [-0.25, -0.2) is 0 Å². The lowest BCUT2D eigenvalue weighted by Gasteiger charge is -2.29. The Hall–Kier alpha value is -0.160. The molecule has 2 aliphatic heterocycles. The van der Waals surface area contributed by atoms with Crippen molar-refractivity contribution in [3.05, 3.63) is 0 Å². The van der Waals surface area contributed by atoms with Crippen molar-refractivity contribution in [2.75, 3.05) is 46.8 Å². The van der Waals surface area contributed by atoms with Gasteiger partial charge in [-0.1, -0.05) is 0 Å². The standard InChI is InChI=1S/C14H29N3O/c1-16(2)10-13-9-14(18)11-17(13)8-5-12-3-6-15-7-4-12/h12-15,18H,3-11H2,1-2H3. The van der Waals surface area contributed by atoms with E-state index >= 15 is 0 Å². The quantitative estimate of drug-likeness (QED) is 0.745. The molecule has 0 aliphatic carbocycles. The van der Waals surface area contributed by atoms with Gasteiger partial charge in [0.2, 0.25) is 0 Å². The SMILES string of the molecule is CN(C)CC1CC(O)CN1CCC1CCNCC1. The molecular formula is C14H29N3O. The lowest BCUT2D eigenvalue weighted by atomic mass is 9.94. The van der Waals surface area contributed by atoms with Gasteiger partial charge < -0.3 is 15.3 Å². The van der Waals surface area contributed by atoms with Gasteiger partial charge in [0.15, 0.2) is 0 Å². The predicted molar refractivity (Wildman–Crippen MR) is 74.7 cm³/mol. The van der Waals surface area contributed by atoms with Crippen LogP contribution in [0, 0.1) is 5.92 Å². The Kier molecular flexibility index (Phi) is 5.42. The van der Waals surface area contributed by atoms with E-state index in [2.05, 4.69) is 29.2 Å². The third kappa shape index (κ3) is 4.19. The van der Waals surface area contributed by atoms with Crippen molar-refractivity contribution in [1.82, 2.24) is 15.1 Å². The van der Waals surface area contributed by atoms with Crippen molar-refractivity contribution in [3.63, 3.8) is 0 Å². The van der Waals surface area contributed by atoms with E-state index in [1.54, 1.807) is 0 Å². The van der Waals surface area contributed by atoms with Gasteiger partial charge in [-0.3, -0.25) is 4.90 Å². The number of aliphatic hydroxyl groups excluding tert-OH is 1. The fraction of sp³-hybridized carbons (Fsp3) is 1.00. The van der Waals surface area contributed by atoms with Crippen molar-refractivity contribution >= 4 is 0 Å². The number of likely N-dealkylation sites (tertiary alicyclic amines) is 1. The van der Waals surface area contributed by atoms with Crippen LogP contribution in [0.25, 0.3) is 0 Å². The van der Waals surface area contributed by atoms with Crippen LogP contribution in [0.2, 0.25) is 0 Å². The highest BCUT2D eigenvalue weighted by Crippen LogP contribution is 2.22. The van der Waals surface area contributed by atoms with Gasteiger partial charge in [-0.2, -0.15) is 0 Å². The van der Waals surface area contributed by atoms with Crippen molar-refractivity contribution in [3.8, 4) is 0 Å². The number of hydrogen-bond acceptors (Lipinski definition) is 4. The topological polar surface area (TPSA) is 38.7 Å². The second-order valence-electron chi connectivity index (χ2n) is 6.28. The molecule has 0 radical (unpaired) electrons. The van der Waals surface area contributed by atoms with E-state index in [1.807, 2.05) is 0 Å². The number of nitrogens with zero attached hydrogens (tertiary/aromatic N) is 2. The molecule has 0 aromatic carbocycles. The van der Waals surface area contributed by atoms with Gasteiger partial charge in [-0.05, 0) is 65.3 Å². The maximum absolute atomic E-state index is 9.85. The summed E-state index contributed by atoms with van der Waals surface area (Å²) in [6, 6.07) is 0.553. The maximum atomic E-state index is 9.85. The Bertz CT molecular complexity index is 241. The average molecular weight is 255 g/mol. The molecule has 0 aromatic heterocycles. The molecular weight excluding hydrogens is 226 g/mol. The summed E-state index contributed by atoms with van der Waals surface area (Å²) in [5.74, 6) is 0.893. The number of aliphatic hydroxyl groups is 1. The minimum absolute atomic E-state index is 0.108. The van der Waals surface area contributed by atoms with Crippen LogP contribution in [0.5, 0.6) is 0 Å². The lowest BCUT2D eigenvalue weighted by molar-refractivity contribution is 0.164. The summed E-state index contributed by atoms with van der Waals surface area (Å²) in [5.41, 5.74) is 0. The molecule has 106 valence electrons. The highest BCUT2D eigenvalue weighted by atomic mass is 16.3. The summed E-state index contributed by atoms with van der Waals surface area (Å²) in [6.45, 7) is 5.50. The highest BCUT2D eigenvalue weighted by molar-refractivity contribution is 4.87. The first-order valence-corrected chi connectivity index (χ1v) is 7.42. The third-order valence-corrected chi connectivity index (χ3v) is 4.36. The molecule has 0 amide bonds. The van der Waals surface area contributed by atoms with Crippen molar-refractivity contribution in [2.45, 2.75) is 37.8 Å². The van der Waals surface area contributed by atoms with Gasteiger partial charge in [0.25, 0.3) is 0 Å². The van der Waals surface area contributed by atoms with Gasteiger partial charge in [0.05, 0.1) is 6.10 Å². The zero-order valence-electron chi connectivity index (χ0n) is 11.9. The van der Waals surface area contributed by atoms with Gasteiger partial charge in [0, 0.05) is 19.1 Å². The lowest BCUT2D eigenvalue weighted by Crippen LogP contribution is -2.39. The first-order valence-electron chi connectivity index (χ1n) is 7.42. The zero-order chi connectivity index (χ0) is 13.0. The van der Waals surface area contributed by atoms with Crippen molar-refractivity contribution in [1.29, 1.82) is 0 Å². The summed E-state index contributed by atoms with van der Waals surface area (Å²) in [5, 5.41) is 13.3. The molecule has 2 unspecified atom stereocenters. The highest BCUT2D eigenvalue weighted by Gasteiger charge is 2.31. The summed E-state index contributed by atoms with van der Waals surface area (Å²) in [6.07, 6.45) is 4.80.